The average Bonchev–Trinajstić information content (AvgIpc) is 3.29. The molecule has 0 bridgehead atoms. The Hall–Kier alpha value is -1.27. The van der Waals surface area contributed by atoms with Crippen LogP contribution in [-0.4, -0.2) is 23.4 Å². The molecule has 2 N–H and O–H groups in total. The lowest BCUT2D eigenvalue weighted by molar-refractivity contribution is -0.139. The summed E-state index contributed by atoms with van der Waals surface area (Å²) in [5, 5.41) is 0. The van der Waals surface area contributed by atoms with Gasteiger partial charge in [0.2, 0.25) is 5.91 Å². The second-order valence-electron chi connectivity index (χ2n) is 7.31. The minimum Gasteiger partial charge on any atom is -0.333 e. The molecular weight excluding hydrogens is 365 g/mol. The second-order valence-corrected chi connectivity index (χ2v) is 7.31. The highest BCUT2D eigenvalue weighted by atomic mass is 35.5. The molecule has 2 fully saturated rings. The SMILES string of the molecule is CC(c1cccc(C(F)(F)F)c1)N(C(=O)[C@@H]1CCC[C@@H]1CN)C1CC1.Cl. The van der Waals surface area contributed by atoms with Crippen LogP contribution in [0.5, 0.6) is 0 Å². The van der Waals surface area contributed by atoms with E-state index in [1.165, 1.54) is 12.1 Å². The first-order valence-corrected chi connectivity index (χ1v) is 9.02. The Morgan fingerprint density at radius 1 is 1.27 bits per heavy atom. The number of alkyl halides is 3. The number of nitrogens with two attached hydrogens (primary N) is 1. The van der Waals surface area contributed by atoms with E-state index in [0.717, 1.165) is 38.2 Å². The van der Waals surface area contributed by atoms with E-state index in [9.17, 15) is 18.0 Å². The van der Waals surface area contributed by atoms with Gasteiger partial charge in [0.15, 0.2) is 0 Å². The molecule has 0 aromatic heterocycles. The van der Waals surface area contributed by atoms with Crippen LogP contribution in [0.2, 0.25) is 0 Å². The van der Waals surface area contributed by atoms with Gasteiger partial charge in [-0.25, -0.2) is 0 Å². The molecule has 3 nitrogen and oxygen atoms in total. The second kappa shape index (κ2) is 8.17. The summed E-state index contributed by atoms with van der Waals surface area (Å²) in [4.78, 5) is 15.0. The van der Waals surface area contributed by atoms with E-state index in [1.54, 1.807) is 6.07 Å². The maximum Gasteiger partial charge on any atom is 0.416 e. The van der Waals surface area contributed by atoms with Crippen LogP contribution in [0.15, 0.2) is 24.3 Å². The van der Waals surface area contributed by atoms with Gasteiger partial charge in [-0.15, -0.1) is 12.4 Å². The molecule has 0 spiro atoms. The van der Waals surface area contributed by atoms with Crippen molar-refractivity contribution in [2.45, 2.75) is 57.3 Å². The van der Waals surface area contributed by atoms with Gasteiger partial charge in [0.05, 0.1) is 11.6 Å². The predicted molar refractivity (Wildman–Crippen MR) is 96.9 cm³/mol. The Morgan fingerprint density at radius 3 is 2.54 bits per heavy atom. The van der Waals surface area contributed by atoms with Gasteiger partial charge in [-0.05, 0) is 62.8 Å². The van der Waals surface area contributed by atoms with Crippen molar-refractivity contribution in [3.63, 3.8) is 0 Å². The fourth-order valence-electron chi connectivity index (χ4n) is 4.01. The molecule has 146 valence electrons. The van der Waals surface area contributed by atoms with Crippen LogP contribution in [0.1, 0.15) is 56.2 Å². The molecule has 7 heteroatoms. The number of hydrogen-bond donors (Lipinski definition) is 1. The number of hydrogen-bond acceptors (Lipinski definition) is 2. The lowest BCUT2D eigenvalue weighted by atomic mass is 9.93. The zero-order valence-electron chi connectivity index (χ0n) is 14.8. The van der Waals surface area contributed by atoms with Crippen molar-refractivity contribution in [1.82, 2.24) is 4.90 Å². The van der Waals surface area contributed by atoms with Gasteiger partial charge in [-0.1, -0.05) is 18.6 Å². The van der Waals surface area contributed by atoms with Gasteiger partial charge in [-0.2, -0.15) is 13.2 Å². The molecule has 2 saturated carbocycles. The number of amides is 1. The van der Waals surface area contributed by atoms with Gasteiger partial charge in [-0.3, -0.25) is 4.79 Å². The Kier molecular flexibility index (Phi) is 6.61. The molecule has 1 amide bonds. The van der Waals surface area contributed by atoms with Gasteiger partial charge in [0, 0.05) is 12.0 Å². The van der Waals surface area contributed by atoms with E-state index >= 15 is 0 Å². The first kappa shape index (κ1) is 21.0. The van der Waals surface area contributed by atoms with E-state index in [2.05, 4.69) is 0 Å². The molecule has 3 atom stereocenters. The third kappa shape index (κ3) is 4.34. The lowest BCUT2D eigenvalue weighted by Gasteiger charge is -2.34. The van der Waals surface area contributed by atoms with Crippen molar-refractivity contribution in [2.75, 3.05) is 6.54 Å². The Bertz CT molecular complexity index is 633. The number of halogens is 4. The molecule has 0 heterocycles. The van der Waals surface area contributed by atoms with Crippen LogP contribution in [0.4, 0.5) is 13.2 Å². The molecule has 0 saturated heterocycles. The van der Waals surface area contributed by atoms with E-state index in [-0.39, 0.29) is 42.2 Å². The maximum absolute atomic E-state index is 13.1. The first-order chi connectivity index (χ1) is 11.8. The average molecular weight is 391 g/mol. The molecule has 3 rings (SSSR count). The Morgan fingerprint density at radius 2 is 1.96 bits per heavy atom. The van der Waals surface area contributed by atoms with E-state index < -0.39 is 11.7 Å². The van der Waals surface area contributed by atoms with Gasteiger partial charge in [0.25, 0.3) is 0 Å². The number of benzene rings is 1. The summed E-state index contributed by atoms with van der Waals surface area (Å²) in [5.74, 6) is 0.182. The highest BCUT2D eigenvalue weighted by molar-refractivity contribution is 5.85. The minimum absolute atomic E-state index is 0. The largest absolute Gasteiger partial charge is 0.416 e. The minimum atomic E-state index is -4.37. The normalized spacial score (nSPS) is 24.0. The Balaban J connectivity index is 0.00000243. The van der Waals surface area contributed by atoms with E-state index in [1.807, 2.05) is 11.8 Å². The zero-order valence-corrected chi connectivity index (χ0v) is 15.7. The summed E-state index contributed by atoms with van der Waals surface area (Å²) < 4.78 is 39.0. The van der Waals surface area contributed by atoms with Crippen LogP contribution in [-0.2, 0) is 11.0 Å². The standard InChI is InChI=1S/C19H25F3N2O.ClH/c1-12(13-4-2-6-15(10-13)19(20,21)22)24(16-8-9-16)18(25)17-7-3-5-14(17)11-23;/h2,4,6,10,12,14,16-17H,3,5,7-9,11,23H2,1H3;1H/t12?,14-,17-;/m1./s1. The molecule has 2 aliphatic rings. The highest BCUT2D eigenvalue weighted by Crippen LogP contribution is 2.41. The van der Waals surface area contributed by atoms with E-state index in [4.69, 9.17) is 5.73 Å². The van der Waals surface area contributed by atoms with Crippen LogP contribution in [0.3, 0.4) is 0 Å². The number of carbonyl (C=O) groups excluding carboxylic acids is 1. The summed E-state index contributed by atoms with van der Waals surface area (Å²) in [5.41, 5.74) is 5.69. The summed E-state index contributed by atoms with van der Waals surface area (Å²) in [6, 6.07) is 5.13. The van der Waals surface area contributed by atoms with Crippen LogP contribution >= 0.6 is 12.4 Å². The highest BCUT2D eigenvalue weighted by Gasteiger charge is 2.42. The van der Waals surface area contributed by atoms with Crippen molar-refractivity contribution in [3.8, 4) is 0 Å². The van der Waals surface area contributed by atoms with Crippen LogP contribution in [0.25, 0.3) is 0 Å². The molecule has 1 aromatic rings. The quantitative estimate of drug-likeness (QED) is 0.801. The smallest absolute Gasteiger partial charge is 0.333 e. The fraction of sp³-hybridized carbons (Fsp3) is 0.632. The monoisotopic (exact) mass is 390 g/mol. The third-order valence-corrected chi connectivity index (χ3v) is 5.59. The number of carbonyl (C=O) groups is 1. The van der Waals surface area contributed by atoms with Crippen molar-refractivity contribution in [2.24, 2.45) is 17.6 Å². The third-order valence-electron chi connectivity index (χ3n) is 5.59. The summed E-state index contributed by atoms with van der Waals surface area (Å²) in [7, 11) is 0. The molecule has 2 aliphatic carbocycles. The van der Waals surface area contributed by atoms with Crippen LogP contribution in [0, 0.1) is 11.8 Å². The molecule has 0 aliphatic heterocycles. The number of rotatable bonds is 5. The first-order valence-electron chi connectivity index (χ1n) is 9.02. The maximum atomic E-state index is 13.1. The van der Waals surface area contributed by atoms with Gasteiger partial charge in [0.1, 0.15) is 0 Å². The summed E-state index contributed by atoms with van der Waals surface area (Å²) in [6.45, 7) is 2.32. The molecular formula is C19H26ClF3N2O. The summed E-state index contributed by atoms with van der Waals surface area (Å²) >= 11 is 0. The van der Waals surface area contributed by atoms with Crippen molar-refractivity contribution in [3.05, 3.63) is 35.4 Å². The van der Waals surface area contributed by atoms with Crippen molar-refractivity contribution >= 4 is 18.3 Å². The fourth-order valence-corrected chi connectivity index (χ4v) is 4.01. The Labute approximate surface area is 158 Å². The van der Waals surface area contributed by atoms with Crippen molar-refractivity contribution in [1.29, 1.82) is 0 Å². The van der Waals surface area contributed by atoms with Crippen LogP contribution < -0.4 is 5.73 Å². The molecule has 26 heavy (non-hydrogen) atoms. The molecule has 1 aromatic carbocycles. The van der Waals surface area contributed by atoms with Gasteiger partial charge >= 0.3 is 6.18 Å². The van der Waals surface area contributed by atoms with Crippen molar-refractivity contribution < 1.29 is 18.0 Å². The molecule has 0 radical (unpaired) electrons. The topological polar surface area (TPSA) is 46.3 Å². The summed E-state index contributed by atoms with van der Waals surface area (Å²) in [6.07, 6.45) is 0.266. The number of nitrogens with zero attached hydrogens (tertiary/aromatic N) is 1. The van der Waals surface area contributed by atoms with E-state index in [0.29, 0.717) is 12.1 Å². The predicted octanol–water partition coefficient (Wildman–Crippen LogP) is 4.55. The van der Waals surface area contributed by atoms with Gasteiger partial charge < -0.3 is 10.6 Å². The lowest BCUT2D eigenvalue weighted by Crippen LogP contribution is -2.42. The molecule has 1 unspecified atom stereocenters. The zero-order chi connectivity index (χ0) is 18.2.